The van der Waals surface area contributed by atoms with Gasteiger partial charge in [0.25, 0.3) is 17.7 Å². The SMILES string of the molecule is C=C1C[C@H]2C=Nc3cc(OCCCC(=O)Nc4cc(C(=O)Nc5cc(C(=O)n6ncc7cc(N)ccc76)n(C)c5)n(C)c4)c(OC)cc3C(=O)N2C1. The fourth-order valence-corrected chi connectivity index (χ4v) is 6.46. The third kappa shape index (κ3) is 6.51. The second kappa shape index (κ2) is 13.6. The summed E-state index contributed by atoms with van der Waals surface area (Å²) in [7, 11) is 4.90. The van der Waals surface area contributed by atoms with E-state index in [1.54, 1.807) is 95.4 Å². The number of nitrogens with two attached hydrogens (primary N) is 1. The van der Waals surface area contributed by atoms with Crippen LogP contribution in [0.2, 0.25) is 0 Å². The van der Waals surface area contributed by atoms with Crippen molar-refractivity contribution in [3.05, 3.63) is 90.2 Å². The maximum Gasteiger partial charge on any atom is 0.295 e. The van der Waals surface area contributed by atoms with Crippen LogP contribution in [0.3, 0.4) is 0 Å². The van der Waals surface area contributed by atoms with Crippen LogP contribution in [0.25, 0.3) is 10.9 Å². The number of amides is 3. The van der Waals surface area contributed by atoms with E-state index >= 15 is 0 Å². The van der Waals surface area contributed by atoms with Crippen molar-refractivity contribution in [1.29, 1.82) is 0 Å². The first-order valence-electron chi connectivity index (χ1n) is 16.6. The van der Waals surface area contributed by atoms with Crippen LogP contribution in [-0.2, 0) is 18.9 Å². The number of aromatic nitrogens is 4. The molecule has 0 bridgehead atoms. The number of nitrogens with one attached hydrogen (secondary N) is 2. The molecule has 15 nitrogen and oxygen atoms in total. The van der Waals surface area contributed by atoms with E-state index in [-0.39, 0.29) is 36.8 Å². The molecule has 5 aromatic rings. The molecule has 266 valence electrons. The Morgan fingerprint density at radius 3 is 2.54 bits per heavy atom. The highest BCUT2D eigenvalue weighted by Gasteiger charge is 2.34. The molecule has 5 heterocycles. The van der Waals surface area contributed by atoms with E-state index in [1.807, 2.05) is 0 Å². The molecule has 0 spiro atoms. The summed E-state index contributed by atoms with van der Waals surface area (Å²) in [6, 6.07) is 11.5. The maximum absolute atomic E-state index is 13.3. The van der Waals surface area contributed by atoms with Crippen LogP contribution in [0.1, 0.15) is 50.6 Å². The van der Waals surface area contributed by atoms with E-state index in [2.05, 4.69) is 27.3 Å². The number of anilines is 3. The van der Waals surface area contributed by atoms with Crippen molar-refractivity contribution in [1.82, 2.24) is 23.8 Å². The van der Waals surface area contributed by atoms with Crippen LogP contribution in [0.15, 0.2) is 78.2 Å². The standard InChI is InChI=1S/C37H37N9O6/c1-21-10-26-17-39-28-15-33(32(51-4)14-27(28)36(49)45(26)18-21)52-9-5-6-34(47)41-24-12-30(43(2)19-24)35(48)42-25-13-31(44(3)20-25)37(50)46-29-8-7-23(38)11-22(29)16-40-46/h7-8,11-17,19-20,26H,1,5-6,9-10,18,38H2,2-4H3,(H,41,47)(H,42,48)/t26-/m0/s1. The lowest BCUT2D eigenvalue weighted by atomic mass is 10.1. The molecule has 1 atom stereocenters. The smallest absolute Gasteiger partial charge is 0.295 e. The second-order valence-electron chi connectivity index (χ2n) is 12.8. The lowest BCUT2D eigenvalue weighted by Gasteiger charge is -2.20. The zero-order chi connectivity index (χ0) is 36.7. The predicted molar refractivity (Wildman–Crippen MR) is 196 cm³/mol. The number of hydrogen-bond acceptors (Lipinski definition) is 9. The summed E-state index contributed by atoms with van der Waals surface area (Å²) in [6.07, 6.45) is 7.85. The van der Waals surface area contributed by atoms with E-state index in [1.165, 1.54) is 11.8 Å². The van der Waals surface area contributed by atoms with Crippen LogP contribution in [0.5, 0.6) is 11.5 Å². The molecule has 2 aliphatic rings. The minimum absolute atomic E-state index is 0.123. The topological polar surface area (TPSA) is 180 Å². The number of methoxy groups -OCH3 is 1. The van der Waals surface area contributed by atoms with Crippen LogP contribution < -0.4 is 25.8 Å². The first-order chi connectivity index (χ1) is 25.0. The molecule has 7 rings (SSSR count). The summed E-state index contributed by atoms with van der Waals surface area (Å²) in [5, 5.41) is 10.6. The lowest BCUT2D eigenvalue weighted by molar-refractivity contribution is -0.116. The number of aliphatic imine (C=N–C) groups is 1. The van der Waals surface area contributed by atoms with Gasteiger partial charge in [-0.25, -0.2) is 0 Å². The largest absolute Gasteiger partial charge is 0.493 e. The molecule has 0 saturated carbocycles. The predicted octanol–water partition coefficient (Wildman–Crippen LogP) is 4.53. The zero-order valence-corrected chi connectivity index (χ0v) is 28.9. The average molecular weight is 704 g/mol. The Balaban J connectivity index is 0.931. The number of nitrogen functional groups attached to an aromatic ring is 1. The Bertz CT molecular complexity index is 2310. The molecule has 2 aliphatic heterocycles. The quantitative estimate of drug-likeness (QED) is 0.108. The van der Waals surface area contributed by atoms with Gasteiger partial charge in [-0.05, 0) is 49.2 Å². The summed E-state index contributed by atoms with van der Waals surface area (Å²) in [6.45, 7) is 4.72. The van der Waals surface area contributed by atoms with Gasteiger partial charge in [-0.15, -0.1) is 0 Å². The maximum atomic E-state index is 13.3. The van der Waals surface area contributed by atoms with Crippen molar-refractivity contribution in [2.45, 2.75) is 25.3 Å². The third-order valence-electron chi connectivity index (χ3n) is 9.04. The number of aryl methyl sites for hydroxylation is 2. The molecule has 4 N–H and O–H groups in total. The fourth-order valence-electron chi connectivity index (χ4n) is 6.46. The summed E-state index contributed by atoms with van der Waals surface area (Å²) < 4.78 is 16.0. The molecule has 0 radical (unpaired) electrons. The molecular weight excluding hydrogens is 666 g/mol. The fraction of sp³-hybridized carbons (Fsp3) is 0.243. The van der Waals surface area contributed by atoms with Crippen molar-refractivity contribution in [2.75, 3.05) is 36.6 Å². The minimum atomic E-state index is -0.424. The van der Waals surface area contributed by atoms with Gasteiger partial charge in [0.2, 0.25) is 5.91 Å². The van der Waals surface area contributed by atoms with Crippen LogP contribution in [0, 0.1) is 0 Å². The molecule has 1 saturated heterocycles. The Hall–Kier alpha value is -6.64. The zero-order valence-electron chi connectivity index (χ0n) is 28.9. The van der Waals surface area contributed by atoms with Gasteiger partial charge in [-0.3, -0.25) is 24.2 Å². The highest BCUT2D eigenvalue weighted by atomic mass is 16.5. The first kappa shape index (κ1) is 33.8. The van der Waals surface area contributed by atoms with E-state index in [0.717, 1.165) is 11.0 Å². The first-order valence-corrected chi connectivity index (χ1v) is 16.6. The van der Waals surface area contributed by atoms with Gasteiger partial charge in [0, 0.05) is 62.8 Å². The van der Waals surface area contributed by atoms with Crippen molar-refractivity contribution in [3.63, 3.8) is 0 Å². The second-order valence-corrected chi connectivity index (χ2v) is 12.8. The number of hydrogen-bond donors (Lipinski definition) is 3. The van der Waals surface area contributed by atoms with E-state index in [0.29, 0.717) is 76.1 Å². The Kier molecular flexibility index (Phi) is 8.84. The van der Waals surface area contributed by atoms with E-state index in [4.69, 9.17) is 15.2 Å². The van der Waals surface area contributed by atoms with E-state index in [9.17, 15) is 19.2 Å². The summed E-state index contributed by atoms with van der Waals surface area (Å²) >= 11 is 0. The highest BCUT2D eigenvalue weighted by Crippen LogP contribution is 2.38. The average Bonchev–Trinajstić information content (AvgIpc) is 3.88. The van der Waals surface area contributed by atoms with Crippen LogP contribution in [-0.4, -0.2) is 80.0 Å². The monoisotopic (exact) mass is 703 g/mol. The molecule has 3 aromatic heterocycles. The molecule has 0 aliphatic carbocycles. The normalized spacial score (nSPS) is 15.0. The summed E-state index contributed by atoms with van der Waals surface area (Å²) in [5.41, 5.74) is 10.4. The number of fused-ring (bicyclic) bond motifs is 3. The van der Waals surface area contributed by atoms with Crippen molar-refractivity contribution in [2.24, 2.45) is 19.1 Å². The van der Waals surface area contributed by atoms with Crippen molar-refractivity contribution < 1.29 is 28.7 Å². The van der Waals surface area contributed by atoms with Crippen LogP contribution in [0.4, 0.5) is 22.7 Å². The van der Waals surface area contributed by atoms with Gasteiger partial charge in [0.05, 0.1) is 54.1 Å². The molecule has 52 heavy (non-hydrogen) atoms. The molecule has 3 amide bonds. The summed E-state index contributed by atoms with van der Waals surface area (Å²) in [4.78, 5) is 58.9. The van der Waals surface area contributed by atoms with Gasteiger partial charge >= 0.3 is 0 Å². The lowest BCUT2D eigenvalue weighted by Crippen LogP contribution is -2.35. The highest BCUT2D eigenvalue weighted by molar-refractivity contribution is 6.06. The number of rotatable bonds is 10. The molecule has 2 aromatic carbocycles. The number of ether oxygens (including phenoxy) is 2. The van der Waals surface area contributed by atoms with Gasteiger partial charge < -0.3 is 39.9 Å². The van der Waals surface area contributed by atoms with Gasteiger partial charge in [-0.1, -0.05) is 12.2 Å². The number of nitrogens with zero attached hydrogens (tertiary/aromatic N) is 6. The van der Waals surface area contributed by atoms with Gasteiger partial charge in [0.1, 0.15) is 11.4 Å². The Morgan fingerprint density at radius 1 is 1.00 bits per heavy atom. The molecule has 15 heteroatoms. The molecule has 0 unspecified atom stereocenters. The minimum Gasteiger partial charge on any atom is -0.493 e. The third-order valence-corrected chi connectivity index (χ3v) is 9.04. The van der Waals surface area contributed by atoms with Crippen molar-refractivity contribution >= 4 is 63.5 Å². The van der Waals surface area contributed by atoms with E-state index < -0.39 is 5.91 Å². The van der Waals surface area contributed by atoms with Gasteiger partial charge in [0.15, 0.2) is 11.5 Å². The van der Waals surface area contributed by atoms with Crippen LogP contribution >= 0.6 is 0 Å². The molecular formula is C37H37N9O6. The van der Waals surface area contributed by atoms with Gasteiger partial charge in [-0.2, -0.15) is 9.78 Å². The number of carbonyl (C=O) groups is 4. The Morgan fingerprint density at radius 2 is 1.75 bits per heavy atom. The summed E-state index contributed by atoms with van der Waals surface area (Å²) in [5.74, 6) is -0.360. The number of benzene rings is 2. The Labute approximate surface area is 298 Å². The van der Waals surface area contributed by atoms with Crippen molar-refractivity contribution in [3.8, 4) is 11.5 Å². The number of carbonyl (C=O) groups excluding carboxylic acids is 4. The molecule has 1 fully saturated rings.